The van der Waals surface area contributed by atoms with E-state index in [4.69, 9.17) is 0 Å². The molecule has 0 amide bonds. The van der Waals surface area contributed by atoms with E-state index < -0.39 is 0 Å². The summed E-state index contributed by atoms with van der Waals surface area (Å²) in [5, 5.41) is 16.4. The normalized spacial score (nSPS) is 11.0. The Bertz CT molecular complexity index is 630. The van der Waals surface area contributed by atoms with E-state index in [0.29, 0.717) is 12.3 Å². The Morgan fingerprint density at radius 3 is 2.33 bits per heavy atom. The van der Waals surface area contributed by atoms with Crippen molar-refractivity contribution in [2.75, 3.05) is 13.1 Å². The van der Waals surface area contributed by atoms with Gasteiger partial charge in [0.2, 0.25) is 0 Å². The number of halogens is 1. The largest absolute Gasteiger partial charge is 0.507 e. The molecule has 0 aliphatic heterocycles. The molecule has 0 fully saturated rings. The van der Waals surface area contributed by atoms with Crippen LogP contribution < -0.4 is 10.6 Å². The Morgan fingerprint density at radius 1 is 1.12 bits per heavy atom. The van der Waals surface area contributed by atoms with Crippen molar-refractivity contribution >= 4 is 29.9 Å². The number of phenols is 1. The minimum absolute atomic E-state index is 0. The van der Waals surface area contributed by atoms with Crippen LogP contribution in [-0.4, -0.2) is 28.7 Å². The van der Waals surface area contributed by atoms with Crippen LogP contribution in [0, 0.1) is 13.8 Å². The van der Waals surface area contributed by atoms with Crippen molar-refractivity contribution in [2.45, 2.75) is 33.9 Å². The molecular formula is C18H27IN4O. The summed E-state index contributed by atoms with van der Waals surface area (Å²) < 4.78 is 2.13. The molecule has 1 heterocycles. The second-order valence-electron chi connectivity index (χ2n) is 5.62. The van der Waals surface area contributed by atoms with Crippen LogP contribution in [0.4, 0.5) is 0 Å². The molecule has 0 radical (unpaired) electrons. The van der Waals surface area contributed by atoms with E-state index in [1.165, 1.54) is 0 Å². The number of phenolic OH excluding ortho intramolecular Hbond substituents is 1. The molecule has 0 saturated carbocycles. The van der Waals surface area contributed by atoms with E-state index in [0.717, 1.165) is 42.3 Å². The lowest BCUT2D eigenvalue weighted by Crippen LogP contribution is -2.38. The third kappa shape index (κ3) is 6.07. The summed E-state index contributed by atoms with van der Waals surface area (Å²) in [4.78, 5) is 4.62. The number of hydrogen-bond acceptors (Lipinski definition) is 2. The first kappa shape index (κ1) is 20.3. The average Bonchev–Trinajstić information content (AvgIpc) is 3.03. The highest BCUT2D eigenvalue weighted by atomic mass is 127. The molecule has 1 aromatic carbocycles. The molecule has 24 heavy (non-hydrogen) atoms. The lowest BCUT2D eigenvalue weighted by atomic mass is 10.1. The zero-order valence-corrected chi connectivity index (χ0v) is 16.9. The molecule has 0 aliphatic rings. The van der Waals surface area contributed by atoms with Crippen LogP contribution in [0.5, 0.6) is 5.75 Å². The molecule has 0 bridgehead atoms. The van der Waals surface area contributed by atoms with Gasteiger partial charge in [-0.1, -0.05) is 12.1 Å². The molecule has 6 heteroatoms. The van der Waals surface area contributed by atoms with E-state index in [1.54, 1.807) is 0 Å². The van der Waals surface area contributed by atoms with E-state index in [1.807, 2.05) is 50.5 Å². The minimum Gasteiger partial charge on any atom is -0.507 e. The van der Waals surface area contributed by atoms with Crippen LogP contribution in [0.3, 0.4) is 0 Å². The van der Waals surface area contributed by atoms with E-state index in [-0.39, 0.29) is 24.0 Å². The number of aryl methyl sites for hydroxylation is 2. The predicted molar refractivity (Wildman–Crippen MR) is 110 cm³/mol. The van der Waals surface area contributed by atoms with Gasteiger partial charge in [0.05, 0.1) is 6.54 Å². The van der Waals surface area contributed by atoms with Gasteiger partial charge >= 0.3 is 0 Å². The van der Waals surface area contributed by atoms with E-state index in [2.05, 4.69) is 27.1 Å². The fourth-order valence-corrected chi connectivity index (χ4v) is 2.47. The van der Waals surface area contributed by atoms with E-state index >= 15 is 0 Å². The van der Waals surface area contributed by atoms with Crippen molar-refractivity contribution < 1.29 is 5.11 Å². The van der Waals surface area contributed by atoms with Gasteiger partial charge < -0.3 is 20.3 Å². The van der Waals surface area contributed by atoms with Crippen LogP contribution in [-0.2, 0) is 13.1 Å². The maximum Gasteiger partial charge on any atom is 0.191 e. The number of nitrogens with one attached hydrogen (secondary N) is 2. The molecular weight excluding hydrogens is 415 g/mol. The summed E-state index contributed by atoms with van der Waals surface area (Å²) in [5.74, 6) is 1.18. The quantitative estimate of drug-likeness (QED) is 0.366. The van der Waals surface area contributed by atoms with Gasteiger partial charge in [0.25, 0.3) is 0 Å². The van der Waals surface area contributed by atoms with Crippen LogP contribution >= 0.6 is 24.0 Å². The van der Waals surface area contributed by atoms with Gasteiger partial charge in [-0.3, -0.25) is 0 Å². The zero-order chi connectivity index (χ0) is 16.7. The van der Waals surface area contributed by atoms with Crippen LogP contribution in [0.2, 0.25) is 0 Å². The van der Waals surface area contributed by atoms with Gasteiger partial charge in [-0.25, -0.2) is 4.99 Å². The van der Waals surface area contributed by atoms with Crippen molar-refractivity contribution in [1.82, 2.24) is 15.2 Å². The number of aliphatic imine (C=N–C) groups is 1. The summed E-state index contributed by atoms with van der Waals surface area (Å²) in [5.41, 5.74) is 2.88. The summed E-state index contributed by atoms with van der Waals surface area (Å²) >= 11 is 0. The predicted octanol–water partition coefficient (Wildman–Crippen LogP) is 3.18. The van der Waals surface area contributed by atoms with Gasteiger partial charge in [0.15, 0.2) is 5.96 Å². The molecule has 0 saturated heterocycles. The number of hydrogen-bond donors (Lipinski definition) is 3. The second kappa shape index (κ2) is 10.2. The van der Waals surface area contributed by atoms with Gasteiger partial charge in [0.1, 0.15) is 5.75 Å². The standard InChI is InChI=1S/C18H26N4O.HI/c1-4-19-18(20-7-10-22-8-5-6-9-22)21-13-16-11-14(2)17(23)15(3)12-16;/h5-6,8-9,11-12,23H,4,7,10,13H2,1-3H3,(H2,19,20,21);1H. The Morgan fingerprint density at radius 2 is 1.75 bits per heavy atom. The molecule has 3 N–H and O–H groups in total. The second-order valence-corrected chi connectivity index (χ2v) is 5.62. The molecule has 2 rings (SSSR count). The Kier molecular flexibility index (Phi) is 8.67. The van der Waals surface area contributed by atoms with Crippen LogP contribution in [0.1, 0.15) is 23.6 Å². The van der Waals surface area contributed by atoms with Crippen molar-refractivity contribution in [3.63, 3.8) is 0 Å². The van der Waals surface area contributed by atoms with Crippen LogP contribution in [0.15, 0.2) is 41.7 Å². The molecule has 2 aromatic rings. The maximum atomic E-state index is 9.84. The first-order valence-corrected chi connectivity index (χ1v) is 8.02. The third-order valence-electron chi connectivity index (χ3n) is 3.64. The number of aromatic hydroxyl groups is 1. The first-order chi connectivity index (χ1) is 11.1. The highest BCUT2D eigenvalue weighted by Crippen LogP contribution is 2.23. The van der Waals surface area contributed by atoms with Gasteiger partial charge in [-0.2, -0.15) is 0 Å². The number of guanidine groups is 1. The van der Waals surface area contributed by atoms with Gasteiger partial charge in [-0.15, -0.1) is 24.0 Å². The first-order valence-electron chi connectivity index (χ1n) is 8.02. The summed E-state index contributed by atoms with van der Waals surface area (Å²) in [6.45, 7) is 9.00. The van der Waals surface area contributed by atoms with Crippen molar-refractivity contribution in [2.24, 2.45) is 4.99 Å². The summed E-state index contributed by atoms with van der Waals surface area (Å²) in [6.07, 6.45) is 4.10. The lowest BCUT2D eigenvalue weighted by molar-refractivity contribution is 0.466. The number of benzene rings is 1. The fraction of sp³-hybridized carbons (Fsp3) is 0.389. The lowest BCUT2D eigenvalue weighted by Gasteiger charge is -2.12. The van der Waals surface area contributed by atoms with Crippen molar-refractivity contribution in [3.05, 3.63) is 53.3 Å². The molecule has 132 valence electrons. The zero-order valence-electron chi connectivity index (χ0n) is 14.5. The molecule has 1 aromatic heterocycles. The fourth-order valence-electron chi connectivity index (χ4n) is 2.47. The third-order valence-corrected chi connectivity index (χ3v) is 3.64. The minimum atomic E-state index is 0. The highest BCUT2D eigenvalue weighted by Gasteiger charge is 2.04. The smallest absolute Gasteiger partial charge is 0.191 e. The van der Waals surface area contributed by atoms with Crippen LogP contribution in [0.25, 0.3) is 0 Å². The summed E-state index contributed by atoms with van der Waals surface area (Å²) in [6, 6.07) is 8.01. The van der Waals surface area contributed by atoms with Crippen molar-refractivity contribution in [1.29, 1.82) is 0 Å². The van der Waals surface area contributed by atoms with Crippen molar-refractivity contribution in [3.8, 4) is 5.75 Å². The molecule has 5 nitrogen and oxygen atoms in total. The van der Waals surface area contributed by atoms with Gasteiger partial charge in [-0.05, 0) is 49.6 Å². The Labute approximate surface area is 161 Å². The monoisotopic (exact) mass is 442 g/mol. The Hall–Kier alpha value is -1.70. The molecule has 0 aliphatic carbocycles. The van der Waals surface area contributed by atoms with E-state index in [9.17, 15) is 5.11 Å². The Balaban J connectivity index is 0.00000288. The topological polar surface area (TPSA) is 61.6 Å². The molecule has 0 spiro atoms. The number of nitrogens with zero attached hydrogens (tertiary/aromatic N) is 2. The highest BCUT2D eigenvalue weighted by molar-refractivity contribution is 14.0. The summed E-state index contributed by atoms with van der Waals surface area (Å²) in [7, 11) is 0. The maximum absolute atomic E-state index is 9.84. The average molecular weight is 442 g/mol. The van der Waals surface area contributed by atoms with Gasteiger partial charge in [0, 0.05) is 32.0 Å². The number of aromatic nitrogens is 1. The molecule has 0 atom stereocenters. The number of rotatable bonds is 6. The molecule has 0 unspecified atom stereocenters. The SMILES string of the molecule is CCNC(=NCc1cc(C)c(O)c(C)c1)NCCn1cccc1.I.